The van der Waals surface area contributed by atoms with Gasteiger partial charge in [-0.15, -0.1) is 0 Å². The Bertz CT molecular complexity index is 763. The maximum Gasteiger partial charge on any atom is 0.267 e. The molecule has 0 saturated heterocycles. The zero-order valence-corrected chi connectivity index (χ0v) is 12.2. The number of halogens is 2. The van der Waals surface area contributed by atoms with Crippen LogP contribution >= 0.6 is 11.6 Å². The zero-order chi connectivity index (χ0) is 15.5. The number of nitrogens with zero attached hydrogens (tertiary/aromatic N) is 1. The third kappa shape index (κ3) is 4.24. The number of carbonyl (C=O) groups excluding carboxylic acids is 1. The number of amides is 1. The molecule has 2 aromatic rings. The Labute approximate surface area is 125 Å². The highest BCUT2D eigenvalue weighted by Crippen LogP contribution is 2.10. The van der Waals surface area contributed by atoms with Gasteiger partial charge in [-0.1, -0.05) is 29.8 Å². The Morgan fingerprint density at radius 1 is 1.24 bits per heavy atom. The van der Waals surface area contributed by atoms with E-state index in [1.54, 1.807) is 0 Å². The second kappa shape index (κ2) is 6.19. The van der Waals surface area contributed by atoms with Crippen molar-refractivity contribution in [2.45, 2.75) is 5.75 Å². The van der Waals surface area contributed by atoms with Crippen LogP contribution in [0.15, 0.2) is 42.6 Å². The predicted octanol–water partition coefficient (Wildman–Crippen LogP) is 2.13. The van der Waals surface area contributed by atoms with Crippen molar-refractivity contribution in [2.75, 3.05) is 0 Å². The van der Waals surface area contributed by atoms with Crippen LogP contribution in [0, 0.1) is 5.82 Å². The number of hydrogen-bond donors (Lipinski definition) is 1. The van der Waals surface area contributed by atoms with Crippen molar-refractivity contribution >= 4 is 27.5 Å². The highest BCUT2D eigenvalue weighted by Gasteiger charge is 2.19. The van der Waals surface area contributed by atoms with Gasteiger partial charge in [0.25, 0.3) is 5.91 Å². The summed E-state index contributed by atoms with van der Waals surface area (Å²) in [6.45, 7) is 0. The number of sulfonamides is 1. The molecule has 0 aliphatic heterocycles. The minimum absolute atomic E-state index is 0.228. The lowest BCUT2D eigenvalue weighted by molar-refractivity contribution is 0.0977. The Morgan fingerprint density at radius 2 is 1.95 bits per heavy atom. The molecule has 21 heavy (non-hydrogen) atoms. The van der Waals surface area contributed by atoms with Crippen LogP contribution in [0.1, 0.15) is 15.9 Å². The van der Waals surface area contributed by atoms with Crippen molar-refractivity contribution in [1.82, 2.24) is 9.71 Å². The minimum Gasteiger partial charge on any atom is -0.268 e. The van der Waals surface area contributed by atoms with E-state index in [0.29, 0.717) is 5.56 Å². The van der Waals surface area contributed by atoms with Gasteiger partial charge in [0.15, 0.2) is 0 Å². The Morgan fingerprint density at radius 3 is 2.57 bits per heavy atom. The monoisotopic (exact) mass is 328 g/mol. The summed E-state index contributed by atoms with van der Waals surface area (Å²) < 4.78 is 38.9. The molecule has 0 radical (unpaired) electrons. The van der Waals surface area contributed by atoms with Crippen molar-refractivity contribution in [3.8, 4) is 0 Å². The van der Waals surface area contributed by atoms with E-state index in [4.69, 9.17) is 11.6 Å². The van der Waals surface area contributed by atoms with E-state index in [9.17, 15) is 17.6 Å². The summed E-state index contributed by atoms with van der Waals surface area (Å²) in [6, 6.07) is 8.02. The maximum atomic E-state index is 13.4. The van der Waals surface area contributed by atoms with Gasteiger partial charge in [-0.3, -0.25) is 4.79 Å². The molecule has 0 atom stereocenters. The standard InChI is InChI=1S/C13H10ClFN2O3S/c14-12-6-5-9(7-16-12)8-21(19,20)17-13(18)10-3-1-2-4-11(10)15/h1-7H,8H2,(H,17,18). The smallest absolute Gasteiger partial charge is 0.267 e. The van der Waals surface area contributed by atoms with Crippen LogP contribution in [0.2, 0.25) is 5.15 Å². The van der Waals surface area contributed by atoms with E-state index >= 15 is 0 Å². The van der Waals surface area contributed by atoms with E-state index < -0.39 is 27.5 Å². The van der Waals surface area contributed by atoms with Crippen molar-refractivity contribution < 1.29 is 17.6 Å². The summed E-state index contributed by atoms with van der Waals surface area (Å²) in [5, 5.41) is 0.228. The normalized spacial score (nSPS) is 11.1. The first kappa shape index (κ1) is 15.4. The van der Waals surface area contributed by atoms with Gasteiger partial charge in [0.1, 0.15) is 11.0 Å². The van der Waals surface area contributed by atoms with E-state index in [2.05, 4.69) is 4.98 Å². The zero-order valence-electron chi connectivity index (χ0n) is 10.6. The van der Waals surface area contributed by atoms with E-state index in [1.165, 1.54) is 36.5 Å². The molecule has 0 saturated carbocycles. The third-order valence-electron chi connectivity index (χ3n) is 2.51. The number of aromatic nitrogens is 1. The minimum atomic E-state index is -3.96. The van der Waals surface area contributed by atoms with Gasteiger partial charge in [-0.25, -0.2) is 22.5 Å². The molecule has 2 rings (SSSR count). The molecule has 1 aromatic carbocycles. The lowest BCUT2D eigenvalue weighted by atomic mass is 10.2. The highest BCUT2D eigenvalue weighted by atomic mass is 35.5. The van der Waals surface area contributed by atoms with E-state index in [0.717, 1.165) is 6.07 Å². The summed E-state index contributed by atoms with van der Waals surface area (Å²) >= 11 is 5.59. The molecule has 1 N–H and O–H groups in total. The molecule has 1 heterocycles. The average molecular weight is 329 g/mol. The summed E-state index contributed by atoms with van der Waals surface area (Å²) in [4.78, 5) is 15.5. The van der Waals surface area contributed by atoms with Crippen LogP contribution in [0.4, 0.5) is 4.39 Å². The van der Waals surface area contributed by atoms with Crippen molar-refractivity contribution in [2.24, 2.45) is 0 Å². The first-order valence-electron chi connectivity index (χ1n) is 5.77. The second-order valence-corrected chi connectivity index (χ2v) is 6.27. The maximum absolute atomic E-state index is 13.4. The van der Waals surface area contributed by atoms with Gasteiger partial charge in [0.05, 0.1) is 11.3 Å². The van der Waals surface area contributed by atoms with Crippen LogP contribution in [-0.4, -0.2) is 19.3 Å². The largest absolute Gasteiger partial charge is 0.268 e. The average Bonchev–Trinajstić information content (AvgIpc) is 2.41. The molecule has 0 aliphatic rings. The predicted molar refractivity (Wildman–Crippen MR) is 75.7 cm³/mol. The number of carbonyl (C=O) groups is 1. The van der Waals surface area contributed by atoms with Crippen LogP contribution in [0.25, 0.3) is 0 Å². The van der Waals surface area contributed by atoms with Gasteiger partial charge in [0.2, 0.25) is 10.0 Å². The highest BCUT2D eigenvalue weighted by molar-refractivity contribution is 7.89. The van der Waals surface area contributed by atoms with Gasteiger partial charge >= 0.3 is 0 Å². The molecule has 0 aliphatic carbocycles. The molecule has 5 nitrogen and oxygen atoms in total. The lowest BCUT2D eigenvalue weighted by Crippen LogP contribution is -2.32. The fourth-order valence-corrected chi connectivity index (χ4v) is 2.77. The topological polar surface area (TPSA) is 76.1 Å². The third-order valence-corrected chi connectivity index (χ3v) is 3.95. The molecule has 0 bridgehead atoms. The number of hydrogen-bond acceptors (Lipinski definition) is 4. The summed E-state index contributed by atoms with van der Waals surface area (Å²) in [7, 11) is -3.96. The summed E-state index contributed by atoms with van der Waals surface area (Å²) in [5.74, 6) is -2.27. The number of benzene rings is 1. The van der Waals surface area contributed by atoms with Crippen LogP contribution in [0.5, 0.6) is 0 Å². The van der Waals surface area contributed by atoms with Gasteiger partial charge in [-0.05, 0) is 23.8 Å². The number of nitrogens with one attached hydrogen (secondary N) is 1. The Hall–Kier alpha value is -1.99. The first-order chi connectivity index (χ1) is 9.87. The van der Waals surface area contributed by atoms with Crippen LogP contribution < -0.4 is 4.72 Å². The molecule has 1 aromatic heterocycles. The first-order valence-corrected chi connectivity index (χ1v) is 7.80. The number of pyridine rings is 1. The van der Waals surface area contributed by atoms with Crippen molar-refractivity contribution in [3.63, 3.8) is 0 Å². The molecule has 0 unspecified atom stereocenters. The van der Waals surface area contributed by atoms with Gasteiger partial charge in [0, 0.05) is 6.20 Å². The summed E-state index contributed by atoms with van der Waals surface area (Å²) in [6.07, 6.45) is 1.29. The van der Waals surface area contributed by atoms with Crippen molar-refractivity contribution in [3.05, 3.63) is 64.7 Å². The van der Waals surface area contributed by atoms with Crippen LogP contribution in [0.3, 0.4) is 0 Å². The lowest BCUT2D eigenvalue weighted by Gasteiger charge is -2.07. The van der Waals surface area contributed by atoms with Crippen LogP contribution in [-0.2, 0) is 15.8 Å². The fraction of sp³-hybridized carbons (Fsp3) is 0.0769. The van der Waals surface area contributed by atoms with E-state index in [1.807, 2.05) is 4.72 Å². The molecular formula is C13H10ClFN2O3S. The molecule has 0 spiro atoms. The molecule has 1 amide bonds. The van der Waals surface area contributed by atoms with Crippen molar-refractivity contribution in [1.29, 1.82) is 0 Å². The Balaban J connectivity index is 2.12. The summed E-state index contributed by atoms with van der Waals surface area (Å²) in [5.41, 5.74) is 0.0172. The Kier molecular flexibility index (Phi) is 4.54. The SMILES string of the molecule is O=C(NS(=O)(=O)Cc1ccc(Cl)nc1)c1ccccc1F. The van der Waals surface area contributed by atoms with E-state index in [-0.39, 0.29) is 10.7 Å². The quantitative estimate of drug-likeness (QED) is 0.872. The van der Waals surface area contributed by atoms with Gasteiger partial charge < -0.3 is 0 Å². The molecule has 0 fully saturated rings. The second-order valence-electron chi connectivity index (χ2n) is 4.16. The fourth-order valence-electron chi connectivity index (χ4n) is 1.59. The molecule has 8 heteroatoms. The number of rotatable bonds is 4. The van der Waals surface area contributed by atoms with Gasteiger partial charge in [-0.2, -0.15) is 0 Å². The molecular weight excluding hydrogens is 319 g/mol. The molecule has 110 valence electrons.